The Bertz CT molecular complexity index is 900. The minimum atomic E-state index is -4.57. The van der Waals surface area contributed by atoms with E-state index in [1.54, 1.807) is 13.1 Å². The number of allylic oxidation sites excluding steroid dienone is 4. The average molecular weight is 428 g/mol. The molecule has 0 aliphatic carbocycles. The number of carbonyl (C=O) groups excluding carboxylic acids is 1. The molecule has 2 aliphatic heterocycles. The Morgan fingerprint density at radius 1 is 1.17 bits per heavy atom. The van der Waals surface area contributed by atoms with E-state index in [9.17, 15) is 18.0 Å². The van der Waals surface area contributed by atoms with Crippen LogP contribution in [0.15, 0.2) is 46.8 Å². The molecule has 0 radical (unpaired) electrons. The van der Waals surface area contributed by atoms with Crippen molar-refractivity contribution in [3.05, 3.63) is 52.3 Å². The molecule has 1 atom stereocenters. The number of hydrogen-bond donors (Lipinski definition) is 1. The monoisotopic (exact) mass is 428 g/mol. The van der Waals surface area contributed by atoms with E-state index in [2.05, 4.69) is 5.32 Å². The van der Waals surface area contributed by atoms with Gasteiger partial charge in [0, 0.05) is 16.7 Å². The average Bonchev–Trinajstić information content (AvgIpc) is 3.20. The van der Waals surface area contributed by atoms with Gasteiger partial charge >= 0.3 is 6.18 Å². The van der Waals surface area contributed by atoms with E-state index in [-0.39, 0.29) is 22.8 Å². The van der Waals surface area contributed by atoms with Crippen LogP contribution in [0.1, 0.15) is 17.3 Å². The maximum atomic E-state index is 13.4. The van der Waals surface area contributed by atoms with Crippen molar-refractivity contribution in [1.82, 2.24) is 10.2 Å². The largest absolute Gasteiger partial charge is 0.493 e. The van der Waals surface area contributed by atoms with E-state index < -0.39 is 23.2 Å². The zero-order valence-electron chi connectivity index (χ0n) is 16.1. The number of ether oxygens (including phenoxy) is 3. The van der Waals surface area contributed by atoms with Crippen LogP contribution in [0.2, 0.25) is 0 Å². The van der Waals surface area contributed by atoms with Crippen LogP contribution in [-0.4, -0.2) is 43.7 Å². The molecular formula is C19H19F3N2O4S. The molecule has 0 spiro atoms. The van der Waals surface area contributed by atoms with E-state index in [4.69, 9.17) is 14.2 Å². The number of methoxy groups -OCH3 is 3. The highest BCUT2D eigenvalue weighted by Gasteiger charge is 2.45. The lowest BCUT2D eigenvalue weighted by Crippen LogP contribution is -2.30. The highest BCUT2D eigenvalue weighted by molar-refractivity contribution is 8.03. The summed E-state index contributed by atoms with van der Waals surface area (Å²) in [6.45, 7) is 1.81. The number of nitrogens with one attached hydrogen (secondary N) is 1. The minimum absolute atomic E-state index is 0.118. The summed E-state index contributed by atoms with van der Waals surface area (Å²) in [6.07, 6.45) is -0.693. The normalized spacial score (nSPS) is 18.7. The number of carbonyl (C=O) groups is 1. The van der Waals surface area contributed by atoms with Crippen molar-refractivity contribution >= 4 is 17.5 Å². The van der Waals surface area contributed by atoms with Crippen LogP contribution < -0.4 is 19.5 Å². The Morgan fingerprint density at radius 3 is 2.31 bits per heavy atom. The molecule has 0 fully saturated rings. The van der Waals surface area contributed by atoms with Gasteiger partial charge in [-0.15, -0.1) is 0 Å². The van der Waals surface area contributed by atoms with Gasteiger partial charge in [-0.1, -0.05) is 11.8 Å². The van der Waals surface area contributed by atoms with Gasteiger partial charge in [-0.05, 0) is 31.2 Å². The maximum Gasteiger partial charge on any atom is 0.433 e. The highest BCUT2D eigenvalue weighted by atomic mass is 32.2. The topological polar surface area (TPSA) is 60.0 Å². The van der Waals surface area contributed by atoms with Gasteiger partial charge in [0.05, 0.1) is 27.0 Å². The quantitative estimate of drug-likeness (QED) is 0.542. The van der Waals surface area contributed by atoms with Crippen LogP contribution in [0.4, 0.5) is 13.2 Å². The molecule has 2 heterocycles. The van der Waals surface area contributed by atoms with Gasteiger partial charge in [-0.3, -0.25) is 4.79 Å². The smallest absolute Gasteiger partial charge is 0.433 e. The van der Waals surface area contributed by atoms with Crippen LogP contribution in [0.3, 0.4) is 0 Å². The molecule has 0 saturated carbocycles. The Morgan fingerprint density at radius 2 is 1.79 bits per heavy atom. The van der Waals surface area contributed by atoms with E-state index in [1.165, 1.54) is 50.1 Å². The molecule has 0 aromatic heterocycles. The molecule has 1 aromatic rings. The fourth-order valence-electron chi connectivity index (χ4n) is 3.02. The van der Waals surface area contributed by atoms with E-state index in [0.29, 0.717) is 5.75 Å². The molecule has 3 rings (SSSR count). The molecule has 2 aliphatic rings. The number of thioether (sulfide) groups is 1. The lowest BCUT2D eigenvalue weighted by Gasteiger charge is -2.16. The van der Waals surface area contributed by atoms with Crippen LogP contribution in [0.5, 0.6) is 17.2 Å². The SMILES string of the molecule is COc1cc(C(=O)/C=C/C2=C(C(F)(F)F)NC3SC(C)=CN23)cc(OC)c1OC. The van der Waals surface area contributed by atoms with Crippen LogP contribution in [-0.2, 0) is 0 Å². The zero-order valence-corrected chi connectivity index (χ0v) is 16.9. The Kier molecular flexibility index (Phi) is 5.74. The summed E-state index contributed by atoms with van der Waals surface area (Å²) in [4.78, 5) is 15.0. The molecule has 1 aromatic carbocycles. The number of fused-ring (bicyclic) bond motifs is 1. The summed E-state index contributed by atoms with van der Waals surface area (Å²) >= 11 is 1.27. The van der Waals surface area contributed by atoms with Crippen LogP contribution in [0, 0.1) is 0 Å². The third kappa shape index (κ3) is 4.02. The summed E-state index contributed by atoms with van der Waals surface area (Å²) in [6, 6.07) is 2.89. The molecule has 0 amide bonds. The van der Waals surface area contributed by atoms with Crippen molar-refractivity contribution in [2.75, 3.05) is 21.3 Å². The molecule has 156 valence electrons. The van der Waals surface area contributed by atoms with Crippen molar-refractivity contribution in [3.8, 4) is 17.2 Å². The van der Waals surface area contributed by atoms with Crippen molar-refractivity contribution in [2.24, 2.45) is 0 Å². The molecule has 1 N–H and O–H groups in total. The lowest BCUT2D eigenvalue weighted by molar-refractivity contribution is -0.0962. The number of benzene rings is 1. The Labute approximate surface area is 170 Å². The molecular weight excluding hydrogens is 409 g/mol. The fraction of sp³-hybridized carbons (Fsp3) is 0.316. The fourth-order valence-corrected chi connectivity index (χ4v) is 4.01. The van der Waals surface area contributed by atoms with Gasteiger partial charge in [0.25, 0.3) is 0 Å². The summed E-state index contributed by atoms with van der Waals surface area (Å²) in [5.41, 5.74) is -1.39. The van der Waals surface area contributed by atoms with Gasteiger partial charge < -0.3 is 24.4 Å². The number of halogens is 3. The third-order valence-corrected chi connectivity index (χ3v) is 5.34. The van der Waals surface area contributed by atoms with Gasteiger partial charge in [0.15, 0.2) is 22.8 Å². The standard InChI is InChI=1S/C19H19F3N2O4S/c1-10-9-24-12(17(19(20,21)22)23-18(24)29-10)5-6-13(25)11-7-14(26-2)16(28-4)15(8-11)27-3/h5-9,18,23H,1-4H3/b6-5+. The second-order valence-electron chi connectivity index (χ2n) is 6.13. The maximum absolute atomic E-state index is 13.4. The molecule has 1 unspecified atom stereocenters. The summed E-state index contributed by atoms with van der Waals surface area (Å²) in [5, 5.41) is 2.46. The molecule has 10 heteroatoms. The van der Waals surface area contributed by atoms with Crippen molar-refractivity contribution in [2.45, 2.75) is 18.6 Å². The van der Waals surface area contributed by atoms with Gasteiger partial charge in [0.2, 0.25) is 5.75 Å². The Hall–Kier alpha value is -2.75. The predicted octanol–water partition coefficient (Wildman–Crippen LogP) is 4.02. The second-order valence-corrected chi connectivity index (χ2v) is 7.46. The molecule has 0 saturated heterocycles. The van der Waals surface area contributed by atoms with Crippen LogP contribution >= 0.6 is 11.8 Å². The first kappa shape index (κ1) is 21.0. The van der Waals surface area contributed by atoms with Crippen molar-refractivity contribution in [1.29, 1.82) is 0 Å². The van der Waals surface area contributed by atoms with Gasteiger partial charge in [0.1, 0.15) is 5.70 Å². The van der Waals surface area contributed by atoms with Gasteiger partial charge in [-0.25, -0.2) is 0 Å². The molecule has 0 bridgehead atoms. The summed E-state index contributed by atoms with van der Waals surface area (Å²) in [7, 11) is 4.25. The first-order valence-electron chi connectivity index (χ1n) is 8.43. The van der Waals surface area contributed by atoms with E-state index >= 15 is 0 Å². The predicted molar refractivity (Wildman–Crippen MR) is 103 cm³/mol. The number of nitrogens with zero attached hydrogens (tertiary/aromatic N) is 1. The number of hydrogen-bond acceptors (Lipinski definition) is 7. The number of rotatable bonds is 6. The number of alkyl halides is 3. The van der Waals surface area contributed by atoms with Crippen LogP contribution in [0.25, 0.3) is 0 Å². The highest BCUT2D eigenvalue weighted by Crippen LogP contribution is 2.43. The first-order chi connectivity index (χ1) is 13.7. The lowest BCUT2D eigenvalue weighted by atomic mass is 10.1. The summed E-state index contributed by atoms with van der Waals surface area (Å²) < 4.78 is 55.8. The van der Waals surface area contributed by atoms with E-state index in [1.807, 2.05) is 0 Å². The molecule has 29 heavy (non-hydrogen) atoms. The minimum Gasteiger partial charge on any atom is -0.493 e. The number of ketones is 1. The second kappa shape index (κ2) is 7.94. The third-order valence-electron chi connectivity index (χ3n) is 4.30. The molecule has 6 nitrogen and oxygen atoms in total. The van der Waals surface area contributed by atoms with Crippen molar-refractivity contribution in [3.63, 3.8) is 0 Å². The van der Waals surface area contributed by atoms with Crippen molar-refractivity contribution < 1.29 is 32.2 Å². The zero-order chi connectivity index (χ0) is 21.3. The van der Waals surface area contributed by atoms with E-state index in [0.717, 1.165) is 17.1 Å². The Balaban J connectivity index is 1.95. The first-order valence-corrected chi connectivity index (χ1v) is 9.31. The summed E-state index contributed by atoms with van der Waals surface area (Å²) in [5.74, 6) is 0.358. The van der Waals surface area contributed by atoms with Gasteiger partial charge in [-0.2, -0.15) is 13.2 Å².